The Bertz CT molecular complexity index is 618. The summed E-state index contributed by atoms with van der Waals surface area (Å²) in [6.45, 7) is 3.71. The number of hydrogen-bond donors (Lipinski definition) is 0. The van der Waals surface area contributed by atoms with Gasteiger partial charge >= 0.3 is 44.6 Å². The van der Waals surface area contributed by atoms with Crippen LogP contribution < -0.4 is 0 Å². The summed E-state index contributed by atoms with van der Waals surface area (Å²) in [5.74, 6) is -37.0. The average Bonchev–Trinajstić information content (AvgIpc) is 2.60. The van der Waals surface area contributed by atoms with Gasteiger partial charge in [0.25, 0.3) is 0 Å². The van der Waals surface area contributed by atoms with Crippen LogP contribution in [0, 0.1) is 0 Å². The van der Waals surface area contributed by atoms with E-state index in [1.807, 2.05) is 0 Å². The van der Waals surface area contributed by atoms with Crippen LogP contribution in [-0.2, 0) is 13.3 Å². The van der Waals surface area contributed by atoms with Gasteiger partial charge in [-0.3, -0.25) is 0 Å². The Morgan fingerprint density at radius 1 is 0.562 bits per heavy atom. The second kappa shape index (κ2) is 10.0. The SMILES string of the molecule is CCO[Si](/C=C/CC(F)(F)C(F)(F)C(F)(F)C(F)(F)C(F)(F)C(F)(F)F)(OCC)OCC. The molecule has 0 unspecified atom stereocenters. The molecule has 0 aromatic heterocycles. The van der Waals surface area contributed by atoms with Gasteiger partial charge in [0, 0.05) is 26.2 Å². The van der Waals surface area contributed by atoms with E-state index >= 15 is 0 Å². The topological polar surface area (TPSA) is 27.7 Å². The molecule has 0 atom stereocenters. The smallest absolute Gasteiger partial charge is 0.371 e. The molecule has 0 aromatic carbocycles. The van der Waals surface area contributed by atoms with Crippen molar-refractivity contribution in [2.24, 2.45) is 0 Å². The molecule has 0 heterocycles. The minimum Gasteiger partial charge on any atom is -0.371 e. The van der Waals surface area contributed by atoms with Gasteiger partial charge < -0.3 is 13.3 Å². The fraction of sp³-hybridized carbons (Fsp3) is 0.867. The second-order valence-electron chi connectivity index (χ2n) is 6.01. The van der Waals surface area contributed by atoms with Crippen LogP contribution in [0.1, 0.15) is 27.2 Å². The molecule has 0 aliphatic rings. The first-order chi connectivity index (χ1) is 14.1. The third kappa shape index (κ3) is 5.52. The molecule has 0 radical (unpaired) electrons. The van der Waals surface area contributed by atoms with Crippen molar-refractivity contribution in [3.63, 3.8) is 0 Å². The van der Waals surface area contributed by atoms with Gasteiger partial charge in [0.15, 0.2) is 0 Å². The lowest BCUT2D eigenvalue weighted by atomic mass is 9.92. The van der Waals surface area contributed by atoms with E-state index in [0.717, 1.165) is 0 Å². The van der Waals surface area contributed by atoms with E-state index in [1.165, 1.54) is 20.8 Å². The van der Waals surface area contributed by atoms with E-state index in [4.69, 9.17) is 13.3 Å². The minimum atomic E-state index is -7.92. The zero-order valence-electron chi connectivity index (χ0n) is 16.6. The third-order valence-electron chi connectivity index (χ3n) is 3.73. The Labute approximate surface area is 174 Å². The summed E-state index contributed by atoms with van der Waals surface area (Å²) in [7, 11) is -3.95. The summed E-state index contributed by atoms with van der Waals surface area (Å²) in [6.07, 6.45) is -9.88. The average molecular weight is 522 g/mol. The fourth-order valence-corrected chi connectivity index (χ4v) is 4.31. The lowest BCUT2D eigenvalue weighted by Crippen LogP contribution is -2.70. The molecule has 17 heteroatoms. The van der Waals surface area contributed by atoms with Gasteiger partial charge in [-0.25, -0.2) is 0 Å². The predicted octanol–water partition coefficient (Wildman–Crippen LogP) is 6.26. The molecule has 0 rings (SSSR count). The van der Waals surface area contributed by atoms with Crippen molar-refractivity contribution < 1.29 is 70.4 Å². The molecule has 0 aromatic rings. The van der Waals surface area contributed by atoms with Gasteiger partial charge in [0.05, 0.1) is 0 Å². The molecule has 192 valence electrons. The molecular formula is C15H19F13O3Si. The van der Waals surface area contributed by atoms with Crippen LogP contribution in [0.25, 0.3) is 0 Å². The van der Waals surface area contributed by atoms with Gasteiger partial charge in [-0.05, 0) is 26.5 Å². The van der Waals surface area contributed by atoms with E-state index in [2.05, 4.69) is 0 Å². The van der Waals surface area contributed by atoms with Gasteiger partial charge in [-0.2, -0.15) is 57.1 Å². The Hall–Kier alpha value is -1.07. The standard InChI is InChI=1S/C15H19F13O3Si/c1-4-29-32(30-5-2,31-6-3)9-7-8-10(16,17)11(18,19)12(20,21)13(22,23)14(24,25)15(26,27)28/h7,9H,4-6,8H2,1-3H3/b9-7+. The summed E-state index contributed by atoms with van der Waals surface area (Å²) < 4.78 is 185. The lowest BCUT2D eigenvalue weighted by molar-refractivity contribution is -0.439. The summed E-state index contributed by atoms with van der Waals surface area (Å²) in [5, 5.41) is 0. The molecule has 3 nitrogen and oxygen atoms in total. The minimum absolute atomic E-state index is 0.0389. The van der Waals surface area contributed by atoms with Crippen LogP contribution in [-0.4, -0.2) is 64.4 Å². The molecule has 0 bridgehead atoms. The van der Waals surface area contributed by atoms with Gasteiger partial charge in [-0.15, -0.1) is 0 Å². The first-order valence-corrected chi connectivity index (χ1v) is 10.5. The molecular weight excluding hydrogens is 503 g/mol. The molecule has 0 amide bonds. The van der Waals surface area contributed by atoms with Crippen molar-refractivity contribution in [1.82, 2.24) is 0 Å². The molecule has 0 spiro atoms. The van der Waals surface area contributed by atoms with Crippen LogP contribution in [0.2, 0.25) is 0 Å². The molecule has 0 fully saturated rings. The van der Waals surface area contributed by atoms with Crippen molar-refractivity contribution in [2.45, 2.75) is 63.0 Å². The van der Waals surface area contributed by atoms with E-state index < -0.39 is 51.0 Å². The maximum absolute atomic E-state index is 13.8. The fourth-order valence-electron chi connectivity index (χ4n) is 2.15. The Balaban J connectivity index is 6.11. The maximum Gasteiger partial charge on any atom is 0.529 e. The lowest BCUT2D eigenvalue weighted by Gasteiger charge is -2.39. The highest BCUT2D eigenvalue weighted by molar-refractivity contribution is 6.66. The van der Waals surface area contributed by atoms with E-state index in [-0.39, 0.29) is 25.9 Å². The highest BCUT2D eigenvalue weighted by atomic mass is 28.4. The molecule has 32 heavy (non-hydrogen) atoms. The van der Waals surface area contributed by atoms with Gasteiger partial charge in [0.2, 0.25) is 0 Å². The summed E-state index contributed by atoms with van der Waals surface area (Å²) in [6, 6.07) is 0. The second-order valence-corrected chi connectivity index (χ2v) is 8.42. The summed E-state index contributed by atoms with van der Waals surface area (Å²) in [4.78, 5) is 0. The van der Waals surface area contributed by atoms with Gasteiger partial charge in [-0.1, -0.05) is 6.08 Å². The zero-order valence-corrected chi connectivity index (χ0v) is 17.6. The van der Waals surface area contributed by atoms with Gasteiger partial charge in [0.1, 0.15) is 0 Å². The highest BCUT2D eigenvalue weighted by Gasteiger charge is 2.90. The first kappa shape index (κ1) is 30.9. The third-order valence-corrected chi connectivity index (χ3v) is 6.45. The van der Waals surface area contributed by atoms with E-state index in [9.17, 15) is 57.1 Å². The Morgan fingerprint density at radius 2 is 0.906 bits per heavy atom. The molecule has 0 N–H and O–H groups in total. The normalized spacial score (nSPS) is 15.6. The van der Waals surface area contributed by atoms with Crippen molar-refractivity contribution in [3.05, 3.63) is 11.8 Å². The number of halogens is 13. The zero-order chi connectivity index (χ0) is 25.9. The van der Waals surface area contributed by atoms with Crippen LogP contribution in [0.15, 0.2) is 11.8 Å². The predicted molar refractivity (Wildman–Crippen MR) is 85.2 cm³/mol. The Morgan fingerprint density at radius 3 is 1.22 bits per heavy atom. The molecule has 0 aliphatic carbocycles. The van der Waals surface area contributed by atoms with Crippen LogP contribution in [0.4, 0.5) is 57.1 Å². The number of allylic oxidation sites excluding steroid dienone is 1. The number of alkyl halides is 13. The largest absolute Gasteiger partial charge is 0.529 e. The van der Waals surface area contributed by atoms with Crippen LogP contribution in [0.5, 0.6) is 0 Å². The van der Waals surface area contributed by atoms with Crippen molar-refractivity contribution in [2.75, 3.05) is 19.8 Å². The Kier molecular flexibility index (Phi) is 9.71. The van der Waals surface area contributed by atoms with E-state index in [0.29, 0.717) is 5.70 Å². The monoisotopic (exact) mass is 522 g/mol. The van der Waals surface area contributed by atoms with Crippen LogP contribution >= 0.6 is 0 Å². The summed E-state index contributed by atoms with van der Waals surface area (Å²) in [5.41, 5.74) is 0.536. The molecule has 0 saturated heterocycles. The highest BCUT2D eigenvalue weighted by Crippen LogP contribution is 2.60. The molecule has 0 aliphatic heterocycles. The first-order valence-electron chi connectivity index (χ1n) is 8.69. The number of rotatable bonds is 13. The quantitative estimate of drug-likeness (QED) is 0.211. The summed E-state index contributed by atoms with van der Waals surface area (Å²) >= 11 is 0. The number of hydrogen-bond acceptors (Lipinski definition) is 3. The molecule has 0 saturated carbocycles. The van der Waals surface area contributed by atoms with Crippen molar-refractivity contribution in [1.29, 1.82) is 0 Å². The van der Waals surface area contributed by atoms with Crippen molar-refractivity contribution >= 4 is 8.80 Å². The van der Waals surface area contributed by atoms with Crippen molar-refractivity contribution in [3.8, 4) is 0 Å². The maximum atomic E-state index is 13.8. The van der Waals surface area contributed by atoms with Crippen LogP contribution in [0.3, 0.4) is 0 Å². The van der Waals surface area contributed by atoms with E-state index in [1.54, 1.807) is 0 Å².